The number of hydrogen-bond donors (Lipinski definition) is 16. The van der Waals surface area contributed by atoms with Crippen LogP contribution in [0.3, 0.4) is 0 Å². The molecule has 0 saturated carbocycles. The van der Waals surface area contributed by atoms with Gasteiger partial charge in [-0.3, -0.25) is 0 Å². The van der Waals surface area contributed by atoms with Gasteiger partial charge in [-0.1, -0.05) is 0 Å². The molecule has 0 unspecified atom stereocenters. The summed E-state index contributed by atoms with van der Waals surface area (Å²) >= 11 is 0. The summed E-state index contributed by atoms with van der Waals surface area (Å²) in [5.41, 5.74) is 0. The maximum Gasteiger partial charge on any atom is 1.00 e. The van der Waals surface area contributed by atoms with Crippen LogP contribution in [0.1, 0.15) is 12.8 Å². The predicted octanol–water partition coefficient (Wildman–Crippen LogP) is -24.2. The zero-order valence-electron chi connectivity index (χ0n) is 32.4. The molecule has 0 heterocycles. The Morgan fingerprint density at radius 1 is 0.195 bits per heavy atom. The van der Waals surface area contributed by atoms with Crippen molar-refractivity contribution < 1.29 is 595 Å². The largest absolute Gasteiger partial charge is 1.00 e. The molecule has 0 atom stereocenters. The van der Waals surface area contributed by atoms with Crippen molar-refractivity contribution in [1.29, 1.82) is 0 Å². The Balaban J connectivity index is -0.00000000522. The van der Waals surface area contributed by atoms with Crippen molar-refractivity contribution in [2.45, 2.75) is 0 Å². The molecule has 0 aliphatic rings. The molecule has 24 nitrogen and oxygen atoms in total. The smallest absolute Gasteiger partial charge is 1.00 e. The summed E-state index contributed by atoms with van der Waals surface area (Å²) in [7, 11) is 0. The van der Waals surface area contributed by atoms with Crippen LogP contribution >= 0.6 is 0 Å². The van der Waals surface area contributed by atoms with E-state index in [1.807, 2.05) is 0 Å². The summed E-state index contributed by atoms with van der Waals surface area (Å²) in [6.45, 7) is 0. The molecule has 16 N–H and O–H groups in total. The third kappa shape index (κ3) is 1360. The van der Waals surface area contributed by atoms with Crippen LogP contribution in [0, 0.1) is 0 Å². The van der Waals surface area contributed by atoms with E-state index >= 15 is 0 Å². The van der Waals surface area contributed by atoms with Gasteiger partial charge in [-0.2, -0.15) is 0 Å². The Morgan fingerprint density at radius 3 is 0.195 bits per heavy atom. The Morgan fingerprint density at radius 2 is 0.195 bits per heavy atom. The Bertz CT molecular complexity index is 419. The zero-order valence-corrected chi connectivity index (χ0v) is 51.5. The quantitative estimate of drug-likeness (QED) is 0.101. The topological polar surface area (TPSA) is 460 Å². The molecular weight excluding hydrogens is 832 g/mol. The first kappa shape index (κ1) is 110. The van der Waals surface area contributed by atoms with E-state index < -0.39 is 49.2 Å². The minimum Gasteiger partial charge on any atom is -1.00 e. The van der Waals surface area contributed by atoms with E-state index in [1.165, 1.54) is 0 Å². The van der Waals surface area contributed by atoms with E-state index in [1.54, 1.807) is 0 Å². The molecule has 0 aromatic heterocycles. The molecule has 0 aromatic carbocycles. The van der Waals surface area contributed by atoms with Crippen molar-refractivity contribution >= 4 is 49.2 Å². The van der Waals surface area contributed by atoms with Crippen molar-refractivity contribution in [3.05, 3.63) is 0 Å². The van der Waals surface area contributed by atoms with E-state index in [-0.39, 0.29) is 475 Å². The van der Waals surface area contributed by atoms with Crippen LogP contribution < -0.4 is 462 Å². The van der Waals surface area contributed by atoms with Crippen molar-refractivity contribution in [3.8, 4) is 0 Å². The molecule has 0 radical (unpaired) electrons. The first-order chi connectivity index (χ1) is 13.9. The minimum absolute atomic E-state index is 0. The van der Waals surface area contributed by atoms with E-state index in [0.717, 1.165) is 0 Å². The molecule has 0 spiro atoms. The van der Waals surface area contributed by atoms with Gasteiger partial charge < -0.3 is 94.5 Å². The van der Waals surface area contributed by atoms with Crippen molar-refractivity contribution in [3.63, 3.8) is 0 Å². The van der Waals surface area contributed by atoms with E-state index in [2.05, 4.69) is 0 Å². The molecule has 33 heteroatoms. The van der Waals surface area contributed by atoms with Gasteiger partial charge in [-0.25, -0.2) is 38.4 Å². The van der Waals surface area contributed by atoms with Gasteiger partial charge in [0.15, 0.2) is 0 Å². The average Bonchev–Trinajstić information content (AvgIpc) is 2.30. The van der Waals surface area contributed by atoms with Crippen LogP contribution in [0.25, 0.3) is 0 Å². The predicted molar refractivity (Wildman–Crippen MR) is 95.2 cm³/mol. The molecule has 41 heavy (non-hydrogen) atoms. The molecule has 0 aliphatic heterocycles. The second-order valence-corrected chi connectivity index (χ2v) is 2.26. The molecule has 0 fully saturated rings. The Labute approximate surface area is 624 Å². The fraction of sp³-hybridized carbons (Fsp3) is 0. The van der Waals surface area contributed by atoms with Crippen LogP contribution in [0.4, 0.5) is 38.4 Å². The Hall–Kier alpha value is 8.89. The van der Waals surface area contributed by atoms with Gasteiger partial charge in [0, 0.05) is 0 Å². The summed E-state index contributed by atoms with van der Waals surface area (Å²) < 4.78 is 0. The van der Waals surface area contributed by atoms with Crippen LogP contribution in [0.5, 0.6) is 0 Å². The summed E-state index contributed by atoms with van der Waals surface area (Å²) in [6.07, 6.45) is -14.7. The molecule has 210 valence electrons. The van der Waals surface area contributed by atoms with Crippen LogP contribution in [-0.4, -0.2) is 131 Å². The molecule has 0 aromatic rings. The van der Waals surface area contributed by atoms with Gasteiger partial charge in [0.1, 0.15) is 0 Å². The molecule has 0 saturated heterocycles. The monoisotopic (exact) mass is 856 g/mol. The van der Waals surface area contributed by atoms with Crippen LogP contribution in [-0.2, 0) is 0 Å². The van der Waals surface area contributed by atoms with E-state index in [9.17, 15) is 0 Å². The number of carboxylic acid groups (broad SMARTS) is 16. The standard InChI is InChI=1S/8CH2O3.9K.9H/c8*2-1(3)4;;;;;;;;;;;;;;;;;;/h8*(H2,2,3,4);;;;;;;;;;;;;;;;;;/q;;;;;;;;9*+1;9*-1. The number of hydrogen-bond acceptors (Lipinski definition) is 8. The second-order valence-electron chi connectivity index (χ2n) is 2.26. The average molecular weight is 857 g/mol. The number of carbonyl (C=O) groups is 8. The summed E-state index contributed by atoms with van der Waals surface area (Å²) in [5.74, 6) is 0. The van der Waals surface area contributed by atoms with E-state index in [4.69, 9.17) is 120 Å². The van der Waals surface area contributed by atoms with Gasteiger partial charge in [0.2, 0.25) is 0 Å². The first-order valence-corrected chi connectivity index (χ1v) is 5.21. The van der Waals surface area contributed by atoms with Crippen molar-refractivity contribution in [2.75, 3.05) is 0 Å². The maximum absolute atomic E-state index is 8.56. The van der Waals surface area contributed by atoms with Gasteiger partial charge >= 0.3 is 512 Å². The van der Waals surface area contributed by atoms with Gasteiger partial charge in [-0.15, -0.1) is 0 Å². The third-order valence-electron chi connectivity index (χ3n) is 0. The van der Waals surface area contributed by atoms with Gasteiger partial charge in [0.05, 0.1) is 0 Å². The maximum atomic E-state index is 8.56. The number of rotatable bonds is 0. The van der Waals surface area contributed by atoms with Gasteiger partial charge in [-0.05, 0) is 0 Å². The van der Waals surface area contributed by atoms with Crippen molar-refractivity contribution in [2.24, 2.45) is 0 Å². The SMILES string of the molecule is O=C(O)O.O=C(O)O.O=C(O)O.O=C(O)O.O=C(O)O.O=C(O)O.O=C(O)O.O=C(O)O.[H-].[H-].[H-].[H-].[H-].[H-].[H-].[H-].[H-].[K+].[K+].[K+].[K+].[K+].[K+].[K+].[K+].[K+]. The molecule has 0 rings (SSSR count). The van der Waals surface area contributed by atoms with Crippen molar-refractivity contribution in [1.82, 2.24) is 0 Å². The molecule has 0 amide bonds. The summed E-state index contributed by atoms with van der Waals surface area (Å²) in [6, 6.07) is 0. The van der Waals surface area contributed by atoms with Crippen LogP contribution in [0.2, 0.25) is 0 Å². The molecule has 0 bridgehead atoms. The normalized spacial score (nSPS) is 4.68. The molecular formula is C8H25K9O24. The minimum atomic E-state index is -1.83. The summed E-state index contributed by atoms with van der Waals surface area (Å²) in [5, 5.41) is 112. The first-order valence-electron chi connectivity index (χ1n) is 5.21. The second kappa shape index (κ2) is 104. The third-order valence-corrected chi connectivity index (χ3v) is 0. The van der Waals surface area contributed by atoms with Gasteiger partial charge in [0.25, 0.3) is 0 Å². The molecule has 0 aliphatic carbocycles. The van der Waals surface area contributed by atoms with E-state index in [0.29, 0.717) is 0 Å². The fourth-order valence-corrected chi connectivity index (χ4v) is 0. The Kier molecular flexibility index (Phi) is 279. The fourth-order valence-electron chi connectivity index (χ4n) is 0. The van der Waals surface area contributed by atoms with Crippen LogP contribution in [0.15, 0.2) is 0 Å². The zero-order chi connectivity index (χ0) is 28.6. The summed E-state index contributed by atoms with van der Waals surface area (Å²) in [4.78, 5) is 68.4.